The normalized spacial score (nSPS) is 13.9. The van der Waals surface area contributed by atoms with Crippen LogP contribution in [0.15, 0.2) is 27.7 Å². The van der Waals surface area contributed by atoms with Crippen molar-refractivity contribution in [2.75, 3.05) is 19.6 Å². The zero-order valence-corrected chi connectivity index (χ0v) is 18.1. The van der Waals surface area contributed by atoms with Gasteiger partial charge in [-0.3, -0.25) is 4.79 Å². The van der Waals surface area contributed by atoms with E-state index in [4.69, 9.17) is 0 Å². The molecule has 1 fully saturated rings. The summed E-state index contributed by atoms with van der Waals surface area (Å²) in [7, 11) is 0. The van der Waals surface area contributed by atoms with Gasteiger partial charge in [0.25, 0.3) is 0 Å². The first kappa shape index (κ1) is 21.2. The maximum absolute atomic E-state index is 11.6. The largest absolute Gasteiger partial charge is 0.357 e. The Morgan fingerprint density at radius 1 is 1.25 bits per heavy atom. The van der Waals surface area contributed by atoms with Crippen molar-refractivity contribution in [1.82, 2.24) is 16.0 Å². The fraction of sp³-hybridized carbons (Fsp3) is 0.529. The van der Waals surface area contributed by atoms with Gasteiger partial charge in [0.15, 0.2) is 5.96 Å². The van der Waals surface area contributed by atoms with Crippen LogP contribution in [0.4, 0.5) is 0 Å². The number of hydrogen-bond acceptors (Lipinski definition) is 2. The van der Waals surface area contributed by atoms with Gasteiger partial charge in [0.1, 0.15) is 0 Å². The summed E-state index contributed by atoms with van der Waals surface area (Å²) in [5.74, 6) is 1.21. The van der Waals surface area contributed by atoms with E-state index in [0.29, 0.717) is 19.6 Å². The van der Waals surface area contributed by atoms with Crippen molar-refractivity contribution < 1.29 is 4.79 Å². The minimum absolute atomic E-state index is 0. The van der Waals surface area contributed by atoms with Crippen molar-refractivity contribution in [3.63, 3.8) is 0 Å². The third-order valence-corrected chi connectivity index (χ3v) is 4.21. The van der Waals surface area contributed by atoms with Gasteiger partial charge in [0, 0.05) is 30.0 Å². The van der Waals surface area contributed by atoms with Crippen LogP contribution in [-0.4, -0.2) is 31.5 Å². The van der Waals surface area contributed by atoms with Gasteiger partial charge in [-0.25, -0.2) is 4.99 Å². The van der Waals surface area contributed by atoms with E-state index in [1.54, 1.807) is 0 Å². The molecule has 0 atom stereocenters. The molecule has 1 saturated carbocycles. The highest BCUT2D eigenvalue weighted by Gasteiger charge is 2.28. The molecule has 134 valence electrons. The topological polar surface area (TPSA) is 65.5 Å². The van der Waals surface area contributed by atoms with E-state index >= 15 is 0 Å². The van der Waals surface area contributed by atoms with Gasteiger partial charge in [-0.15, -0.1) is 24.0 Å². The molecule has 0 aromatic heterocycles. The lowest BCUT2D eigenvalue weighted by molar-refractivity contribution is -0.122. The maximum Gasteiger partial charge on any atom is 0.223 e. The molecule has 0 radical (unpaired) electrons. The fourth-order valence-electron chi connectivity index (χ4n) is 2.20. The van der Waals surface area contributed by atoms with Gasteiger partial charge in [0.2, 0.25) is 5.91 Å². The number of carbonyl (C=O) groups excluding carboxylic acids is 1. The molecular weight excluding hydrogens is 483 g/mol. The van der Waals surface area contributed by atoms with E-state index in [1.165, 1.54) is 11.1 Å². The first-order chi connectivity index (χ1) is 11.1. The minimum atomic E-state index is 0. The van der Waals surface area contributed by atoms with E-state index in [2.05, 4.69) is 55.9 Å². The zero-order valence-electron chi connectivity index (χ0n) is 14.2. The molecule has 1 aliphatic rings. The van der Waals surface area contributed by atoms with E-state index in [1.807, 2.05) is 13.0 Å². The lowest BCUT2D eigenvalue weighted by atomic mass is 10.1. The minimum Gasteiger partial charge on any atom is -0.357 e. The smallest absolute Gasteiger partial charge is 0.223 e. The number of rotatable bonds is 7. The predicted octanol–water partition coefficient (Wildman–Crippen LogP) is 2.96. The Hall–Kier alpha value is -0.830. The number of halogens is 2. The van der Waals surface area contributed by atoms with Crippen LogP contribution in [-0.2, 0) is 11.3 Å². The first-order valence-corrected chi connectivity index (χ1v) is 8.94. The molecule has 0 saturated heterocycles. The molecule has 1 aromatic carbocycles. The monoisotopic (exact) mass is 508 g/mol. The highest BCUT2D eigenvalue weighted by atomic mass is 127. The summed E-state index contributed by atoms with van der Waals surface area (Å²) in [6.45, 7) is 6.85. The molecule has 2 rings (SSSR count). The Bertz CT molecular complexity index is 576. The first-order valence-electron chi connectivity index (χ1n) is 8.15. The number of hydrogen-bond donors (Lipinski definition) is 3. The van der Waals surface area contributed by atoms with Crippen LogP contribution < -0.4 is 16.0 Å². The Balaban J connectivity index is 0.00000288. The van der Waals surface area contributed by atoms with Crippen LogP contribution in [0.5, 0.6) is 0 Å². The van der Waals surface area contributed by atoms with Gasteiger partial charge in [-0.1, -0.05) is 22.0 Å². The second-order valence-corrected chi connectivity index (χ2v) is 6.67. The predicted molar refractivity (Wildman–Crippen MR) is 113 cm³/mol. The highest BCUT2D eigenvalue weighted by molar-refractivity contribution is 14.0. The van der Waals surface area contributed by atoms with Gasteiger partial charge < -0.3 is 16.0 Å². The molecule has 0 unspecified atom stereocenters. The zero-order chi connectivity index (χ0) is 16.7. The fourth-order valence-corrected chi connectivity index (χ4v) is 2.67. The molecule has 0 bridgehead atoms. The van der Waals surface area contributed by atoms with Gasteiger partial charge in [0.05, 0.1) is 6.54 Å². The van der Waals surface area contributed by atoms with Crippen molar-refractivity contribution >= 4 is 51.8 Å². The molecule has 1 aromatic rings. The molecule has 24 heavy (non-hydrogen) atoms. The number of aryl methyl sites for hydroxylation is 1. The van der Waals surface area contributed by atoms with E-state index in [0.717, 1.165) is 29.8 Å². The standard InChI is InChI=1S/C17H25BrN4O.HI/c1-3-19-17(21-9-8-20-16(23)13-4-5-13)22-11-14-6-7-15(18)10-12(14)2;/h6-7,10,13H,3-5,8-9,11H2,1-2H3,(H,20,23)(H2,19,21,22);1H. The summed E-state index contributed by atoms with van der Waals surface area (Å²) in [4.78, 5) is 16.2. The molecule has 7 heteroatoms. The number of aliphatic imine (C=N–C) groups is 1. The molecule has 5 nitrogen and oxygen atoms in total. The number of carbonyl (C=O) groups is 1. The second kappa shape index (κ2) is 10.9. The lowest BCUT2D eigenvalue weighted by Gasteiger charge is -2.12. The van der Waals surface area contributed by atoms with Crippen molar-refractivity contribution in [3.05, 3.63) is 33.8 Å². The van der Waals surface area contributed by atoms with Crippen LogP contribution in [0.2, 0.25) is 0 Å². The van der Waals surface area contributed by atoms with E-state index < -0.39 is 0 Å². The van der Waals surface area contributed by atoms with Gasteiger partial charge in [-0.05, 0) is 49.9 Å². The number of nitrogens with one attached hydrogen (secondary N) is 3. The van der Waals surface area contributed by atoms with Crippen LogP contribution >= 0.6 is 39.9 Å². The van der Waals surface area contributed by atoms with E-state index in [-0.39, 0.29) is 35.8 Å². The van der Waals surface area contributed by atoms with E-state index in [9.17, 15) is 4.79 Å². The molecule has 0 aliphatic heterocycles. The molecule has 0 heterocycles. The van der Waals surface area contributed by atoms with Crippen LogP contribution in [0.3, 0.4) is 0 Å². The number of benzene rings is 1. The SMILES string of the molecule is CCNC(=NCc1ccc(Br)cc1C)NCCNC(=O)C1CC1.I. The third kappa shape index (κ3) is 7.38. The molecule has 1 aliphatic carbocycles. The summed E-state index contributed by atoms with van der Waals surface area (Å²) >= 11 is 3.47. The summed E-state index contributed by atoms with van der Waals surface area (Å²) in [5, 5.41) is 9.42. The van der Waals surface area contributed by atoms with Crippen LogP contribution in [0.1, 0.15) is 30.9 Å². The van der Waals surface area contributed by atoms with Crippen molar-refractivity contribution in [2.45, 2.75) is 33.2 Å². The van der Waals surface area contributed by atoms with Gasteiger partial charge in [-0.2, -0.15) is 0 Å². The molecular formula is C17H26BrIN4O. The number of nitrogens with zero attached hydrogens (tertiary/aromatic N) is 1. The number of amides is 1. The van der Waals surface area contributed by atoms with Crippen LogP contribution in [0, 0.1) is 12.8 Å². The average molecular weight is 509 g/mol. The summed E-state index contributed by atoms with van der Waals surface area (Å²) in [6.07, 6.45) is 2.08. The maximum atomic E-state index is 11.6. The molecule has 1 amide bonds. The molecule has 3 N–H and O–H groups in total. The summed E-state index contributed by atoms with van der Waals surface area (Å²) < 4.78 is 1.08. The number of guanidine groups is 1. The quantitative estimate of drug-likeness (QED) is 0.229. The Morgan fingerprint density at radius 3 is 2.58 bits per heavy atom. The van der Waals surface area contributed by atoms with Gasteiger partial charge >= 0.3 is 0 Å². The highest BCUT2D eigenvalue weighted by Crippen LogP contribution is 2.28. The second-order valence-electron chi connectivity index (χ2n) is 5.76. The average Bonchev–Trinajstić information content (AvgIpc) is 3.35. The van der Waals surface area contributed by atoms with Crippen molar-refractivity contribution in [1.29, 1.82) is 0 Å². The third-order valence-electron chi connectivity index (χ3n) is 3.72. The van der Waals surface area contributed by atoms with Crippen molar-refractivity contribution in [3.8, 4) is 0 Å². The molecule has 0 spiro atoms. The van der Waals surface area contributed by atoms with Crippen molar-refractivity contribution in [2.24, 2.45) is 10.9 Å². The Morgan fingerprint density at radius 2 is 1.96 bits per heavy atom. The summed E-state index contributed by atoms with van der Waals surface area (Å²) in [6, 6.07) is 6.21. The van der Waals surface area contributed by atoms with Crippen LogP contribution in [0.25, 0.3) is 0 Å². The lowest BCUT2D eigenvalue weighted by Crippen LogP contribution is -2.41. The summed E-state index contributed by atoms with van der Waals surface area (Å²) in [5.41, 5.74) is 2.42. The Kier molecular flexibility index (Phi) is 9.65. The Labute approximate surface area is 169 Å².